The molecule has 1 saturated heterocycles. The summed E-state index contributed by atoms with van der Waals surface area (Å²) < 4.78 is 19.8. The number of anilines is 1. The summed E-state index contributed by atoms with van der Waals surface area (Å²) in [6.45, 7) is 3.54. The van der Waals surface area contributed by atoms with Crippen LogP contribution in [0.1, 0.15) is 17.4 Å². The van der Waals surface area contributed by atoms with E-state index in [1.165, 1.54) is 12.1 Å². The molecule has 0 N–H and O–H groups in total. The van der Waals surface area contributed by atoms with E-state index in [2.05, 4.69) is 14.9 Å². The fraction of sp³-hybridized carbons (Fsp3) is 0.250. The zero-order chi connectivity index (χ0) is 19.7. The van der Waals surface area contributed by atoms with Crippen molar-refractivity contribution in [3.8, 4) is 11.4 Å². The number of halogens is 3. The van der Waals surface area contributed by atoms with Crippen LogP contribution in [0.4, 0.5) is 10.2 Å². The van der Waals surface area contributed by atoms with E-state index >= 15 is 0 Å². The average molecular weight is 419 g/mol. The van der Waals surface area contributed by atoms with Crippen molar-refractivity contribution in [2.45, 2.75) is 13.0 Å². The number of rotatable bonds is 3. The van der Waals surface area contributed by atoms with Crippen LogP contribution < -0.4 is 4.90 Å². The second kappa shape index (κ2) is 7.99. The highest BCUT2D eigenvalue weighted by Crippen LogP contribution is 2.33. The first kappa shape index (κ1) is 19.1. The molecule has 0 amide bonds. The monoisotopic (exact) mass is 418 g/mol. The molecule has 2 aromatic heterocycles. The number of morpholine rings is 1. The minimum Gasteiger partial charge on any atom is -0.370 e. The van der Waals surface area contributed by atoms with E-state index in [9.17, 15) is 4.39 Å². The number of aromatic nitrogens is 3. The Bertz CT molecular complexity index is 1000. The van der Waals surface area contributed by atoms with Gasteiger partial charge in [-0.15, -0.1) is 0 Å². The molecular weight excluding hydrogens is 402 g/mol. The van der Waals surface area contributed by atoms with Crippen molar-refractivity contribution in [3.63, 3.8) is 0 Å². The lowest BCUT2D eigenvalue weighted by molar-refractivity contribution is 0.0394. The van der Waals surface area contributed by atoms with Crippen molar-refractivity contribution in [2.75, 3.05) is 24.6 Å². The largest absolute Gasteiger partial charge is 0.370 e. The molecule has 1 aliphatic heterocycles. The summed E-state index contributed by atoms with van der Waals surface area (Å²) in [5, 5.41) is 0.377. The smallest absolute Gasteiger partial charge is 0.163 e. The molecule has 28 heavy (non-hydrogen) atoms. The van der Waals surface area contributed by atoms with E-state index in [0.29, 0.717) is 36.1 Å². The van der Waals surface area contributed by atoms with E-state index in [4.69, 9.17) is 32.9 Å². The van der Waals surface area contributed by atoms with Gasteiger partial charge in [-0.1, -0.05) is 23.2 Å². The molecule has 3 heterocycles. The molecule has 0 bridgehead atoms. The van der Waals surface area contributed by atoms with Crippen LogP contribution in [0.15, 0.2) is 42.7 Å². The Hall–Kier alpha value is -2.28. The molecule has 0 radical (unpaired) electrons. The highest BCUT2D eigenvalue weighted by Gasteiger charge is 2.26. The van der Waals surface area contributed by atoms with Gasteiger partial charge in [0.2, 0.25) is 0 Å². The number of nitrogens with zero attached hydrogens (tertiary/aromatic N) is 4. The molecule has 0 saturated carbocycles. The molecule has 1 fully saturated rings. The van der Waals surface area contributed by atoms with Crippen LogP contribution in [0.25, 0.3) is 11.4 Å². The van der Waals surface area contributed by atoms with Gasteiger partial charge in [-0.3, -0.25) is 4.98 Å². The van der Waals surface area contributed by atoms with Gasteiger partial charge in [0.05, 0.1) is 11.6 Å². The van der Waals surface area contributed by atoms with E-state index in [1.807, 2.05) is 25.1 Å². The van der Waals surface area contributed by atoms with Gasteiger partial charge in [-0.2, -0.15) is 0 Å². The number of hydrogen-bond acceptors (Lipinski definition) is 5. The average Bonchev–Trinajstić information content (AvgIpc) is 2.71. The van der Waals surface area contributed by atoms with Crippen LogP contribution in [-0.4, -0.2) is 34.6 Å². The molecular formula is C20H17Cl2FN4O. The minimum absolute atomic E-state index is 0.00560. The second-order valence-electron chi connectivity index (χ2n) is 6.53. The number of ether oxygens (including phenoxy) is 1. The van der Waals surface area contributed by atoms with Crippen LogP contribution in [0.5, 0.6) is 0 Å². The fourth-order valence-electron chi connectivity index (χ4n) is 3.17. The molecule has 1 aliphatic rings. The zero-order valence-corrected chi connectivity index (χ0v) is 16.6. The number of hydrogen-bond donors (Lipinski definition) is 0. The molecule has 5 nitrogen and oxygen atoms in total. The Balaban J connectivity index is 1.64. The van der Waals surface area contributed by atoms with Crippen LogP contribution >= 0.6 is 23.2 Å². The summed E-state index contributed by atoms with van der Waals surface area (Å²) >= 11 is 12.1. The van der Waals surface area contributed by atoms with Crippen LogP contribution in [-0.2, 0) is 4.74 Å². The zero-order valence-electron chi connectivity index (χ0n) is 15.1. The summed E-state index contributed by atoms with van der Waals surface area (Å²) in [5.74, 6) is 0.880. The fourth-order valence-corrected chi connectivity index (χ4v) is 3.67. The maximum Gasteiger partial charge on any atom is 0.163 e. The Morgan fingerprint density at radius 1 is 1.18 bits per heavy atom. The van der Waals surface area contributed by atoms with Crippen LogP contribution in [0, 0.1) is 12.7 Å². The Labute approximate surface area is 172 Å². The van der Waals surface area contributed by atoms with Gasteiger partial charge >= 0.3 is 0 Å². The SMILES string of the molecule is Cc1cc(N2CCOC(c3cc(F)c(Cl)cc3Cl)C2)nc(-c2cccnc2)n1. The first-order valence-corrected chi connectivity index (χ1v) is 9.54. The van der Waals surface area contributed by atoms with Gasteiger partial charge in [-0.05, 0) is 31.2 Å². The number of benzene rings is 1. The third kappa shape index (κ3) is 3.94. The van der Waals surface area contributed by atoms with Gasteiger partial charge in [-0.25, -0.2) is 14.4 Å². The summed E-state index contributed by atoms with van der Waals surface area (Å²) in [7, 11) is 0. The van der Waals surface area contributed by atoms with E-state index in [1.54, 1.807) is 12.4 Å². The van der Waals surface area contributed by atoms with Crippen molar-refractivity contribution < 1.29 is 9.13 Å². The maximum absolute atomic E-state index is 13.9. The highest BCUT2D eigenvalue weighted by molar-refractivity contribution is 6.35. The predicted molar refractivity (Wildman–Crippen MR) is 107 cm³/mol. The highest BCUT2D eigenvalue weighted by atomic mass is 35.5. The quantitative estimate of drug-likeness (QED) is 0.567. The van der Waals surface area contributed by atoms with E-state index < -0.39 is 5.82 Å². The predicted octanol–water partition coefficient (Wildman–Crippen LogP) is 4.87. The van der Waals surface area contributed by atoms with E-state index in [0.717, 1.165) is 17.1 Å². The van der Waals surface area contributed by atoms with Crippen LogP contribution in [0.3, 0.4) is 0 Å². The van der Waals surface area contributed by atoms with Crippen molar-refractivity contribution in [1.82, 2.24) is 15.0 Å². The van der Waals surface area contributed by atoms with Crippen molar-refractivity contribution >= 4 is 29.0 Å². The van der Waals surface area contributed by atoms with Gasteiger partial charge < -0.3 is 9.64 Å². The third-order valence-corrected chi connectivity index (χ3v) is 5.15. The van der Waals surface area contributed by atoms with Gasteiger partial charge in [0.1, 0.15) is 17.7 Å². The lowest BCUT2D eigenvalue weighted by Crippen LogP contribution is -2.39. The molecule has 1 unspecified atom stereocenters. The first-order valence-electron chi connectivity index (χ1n) is 8.78. The van der Waals surface area contributed by atoms with Crippen molar-refractivity contribution in [1.29, 1.82) is 0 Å². The Morgan fingerprint density at radius 3 is 2.82 bits per heavy atom. The summed E-state index contributed by atoms with van der Waals surface area (Å²) in [6.07, 6.45) is 3.06. The van der Waals surface area contributed by atoms with Crippen LogP contribution in [0.2, 0.25) is 10.0 Å². The maximum atomic E-state index is 13.9. The molecule has 4 rings (SSSR count). The van der Waals surface area contributed by atoms with Gasteiger partial charge in [0, 0.05) is 53.4 Å². The molecule has 144 valence electrons. The summed E-state index contributed by atoms with van der Waals surface area (Å²) in [5.41, 5.74) is 2.27. The first-order chi connectivity index (χ1) is 13.5. The molecule has 0 spiro atoms. The van der Waals surface area contributed by atoms with Gasteiger partial charge in [0.25, 0.3) is 0 Å². The topological polar surface area (TPSA) is 51.1 Å². The van der Waals surface area contributed by atoms with E-state index in [-0.39, 0.29) is 11.1 Å². The third-order valence-electron chi connectivity index (χ3n) is 4.54. The second-order valence-corrected chi connectivity index (χ2v) is 7.34. The molecule has 1 aromatic carbocycles. The molecule has 0 aliphatic carbocycles. The minimum atomic E-state index is -0.515. The summed E-state index contributed by atoms with van der Waals surface area (Å²) in [4.78, 5) is 15.4. The summed E-state index contributed by atoms with van der Waals surface area (Å²) in [6, 6.07) is 8.44. The Kier molecular flexibility index (Phi) is 5.44. The number of pyridine rings is 1. The lowest BCUT2D eigenvalue weighted by Gasteiger charge is -2.34. The standard InChI is InChI=1S/C20H17Cl2FN4O/c1-12-7-19(26-20(25-12)13-3-2-4-24-10-13)27-5-6-28-18(11-27)14-8-17(23)16(22)9-15(14)21/h2-4,7-10,18H,5-6,11H2,1H3. The van der Waals surface area contributed by atoms with Crippen molar-refractivity contribution in [3.05, 3.63) is 69.8 Å². The molecule has 3 aromatic rings. The lowest BCUT2D eigenvalue weighted by atomic mass is 10.1. The van der Waals surface area contributed by atoms with Crippen molar-refractivity contribution in [2.24, 2.45) is 0 Å². The molecule has 1 atom stereocenters. The normalized spacial score (nSPS) is 17.0. The van der Waals surface area contributed by atoms with Gasteiger partial charge in [0.15, 0.2) is 5.82 Å². The Morgan fingerprint density at radius 2 is 2.04 bits per heavy atom. The molecule has 8 heteroatoms. The number of aryl methyl sites for hydroxylation is 1.